The van der Waals surface area contributed by atoms with E-state index in [9.17, 15) is 9.59 Å². The zero-order valence-electron chi connectivity index (χ0n) is 13.0. The molecule has 0 spiro atoms. The topological polar surface area (TPSA) is 55.4 Å². The van der Waals surface area contributed by atoms with Crippen LogP contribution in [0, 0.1) is 0 Å². The van der Waals surface area contributed by atoms with Gasteiger partial charge in [0.15, 0.2) is 0 Å². The first kappa shape index (κ1) is 15.5. The molecule has 1 aliphatic rings. The van der Waals surface area contributed by atoms with Crippen LogP contribution in [0.1, 0.15) is 56.2 Å². The summed E-state index contributed by atoms with van der Waals surface area (Å²) in [5.41, 5.74) is 4.67. The average molecular weight is 289 g/mol. The van der Waals surface area contributed by atoms with Crippen LogP contribution in [0.4, 0.5) is 5.69 Å². The van der Waals surface area contributed by atoms with E-state index in [1.165, 1.54) is 23.6 Å². The third kappa shape index (κ3) is 3.63. The predicted octanol–water partition coefficient (Wildman–Crippen LogP) is 3.19. The second-order valence-electron chi connectivity index (χ2n) is 5.60. The number of carbonyl (C=O) groups excluding carboxylic acids is 2. The average Bonchev–Trinajstić information content (AvgIpc) is 2.88. The standard InChI is InChI=1S/C17H23NO3/c1-4-21-17(20)10-11(2)13-8-9-16(18-12(3)19)15-7-5-6-14(13)15/h8-9,11H,4-7,10H2,1-3H3,(H,18,19). The van der Waals surface area contributed by atoms with Gasteiger partial charge in [0.2, 0.25) is 5.91 Å². The minimum atomic E-state index is -0.150. The van der Waals surface area contributed by atoms with Crippen LogP contribution in [0.15, 0.2) is 12.1 Å². The summed E-state index contributed by atoms with van der Waals surface area (Å²) >= 11 is 0. The quantitative estimate of drug-likeness (QED) is 0.847. The van der Waals surface area contributed by atoms with E-state index in [1.54, 1.807) is 0 Å². The summed E-state index contributed by atoms with van der Waals surface area (Å²) in [7, 11) is 0. The van der Waals surface area contributed by atoms with E-state index in [0.717, 1.165) is 24.9 Å². The van der Waals surface area contributed by atoms with Crippen molar-refractivity contribution in [1.29, 1.82) is 0 Å². The highest BCUT2D eigenvalue weighted by molar-refractivity contribution is 5.90. The van der Waals surface area contributed by atoms with Crippen LogP contribution in [0.25, 0.3) is 0 Å². The summed E-state index contributed by atoms with van der Waals surface area (Å²) in [6.45, 7) is 5.83. The maximum Gasteiger partial charge on any atom is 0.306 e. The van der Waals surface area contributed by atoms with Crippen molar-refractivity contribution in [3.63, 3.8) is 0 Å². The summed E-state index contributed by atoms with van der Waals surface area (Å²) in [6, 6.07) is 4.00. The second-order valence-corrected chi connectivity index (χ2v) is 5.60. The van der Waals surface area contributed by atoms with E-state index >= 15 is 0 Å². The maximum absolute atomic E-state index is 11.7. The fraction of sp³-hybridized carbons (Fsp3) is 0.529. The van der Waals surface area contributed by atoms with Crippen LogP contribution in [0.5, 0.6) is 0 Å². The zero-order chi connectivity index (χ0) is 15.4. The van der Waals surface area contributed by atoms with Crippen LogP contribution in [-0.4, -0.2) is 18.5 Å². The van der Waals surface area contributed by atoms with Crippen LogP contribution >= 0.6 is 0 Å². The molecule has 4 nitrogen and oxygen atoms in total. The number of hydrogen-bond acceptors (Lipinski definition) is 3. The molecule has 0 bridgehead atoms. The molecule has 1 N–H and O–H groups in total. The summed E-state index contributed by atoms with van der Waals surface area (Å²) in [6.07, 6.45) is 3.51. The zero-order valence-corrected chi connectivity index (χ0v) is 13.0. The van der Waals surface area contributed by atoms with Crippen LogP contribution in [0.2, 0.25) is 0 Å². The van der Waals surface area contributed by atoms with E-state index in [4.69, 9.17) is 4.74 Å². The van der Waals surface area contributed by atoms with Crippen molar-refractivity contribution in [3.8, 4) is 0 Å². The van der Waals surface area contributed by atoms with E-state index in [2.05, 4.69) is 12.2 Å². The highest BCUT2D eigenvalue weighted by Crippen LogP contribution is 2.36. The molecule has 0 fully saturated rings. The molecule has 0 aromatic heterocycles. The largest absolute Gasteiger partial charge is 0.466 e. The number of anilines is 1. The monoisotopic (exact) mass is 289 g/mol. The number of ether oxygens (including phenoxy) is 1. The minimum Gasteiger partial charge on any atom is -0.466 e. The van der Waals surface area contributed by atoms with E-state index < -0.39 is 0 Å². The number of hydrogen-bond donors (Lipinski definition) is 1. The molecule has 0 aliphatic heterocycles. The number of nitrogens with one attached hydrogen (secondary N) is 1. The molecule has 114 valence electrons. The van der Waals surface area contributed by atoms with Crippen LogP contribution in [0.3, 0.4) is 0 Å². The van der Waals surface area contributed by atoms with E-state index in [-0.39, 0.29) is 17.8 Å². The van der Waals surface area contributed by atoms with Gasteiger partial charge in [-0.2, -0.15) is 0 Å². The number of benzene rings is 1. The maximum atomic E-state index is 11.7. The van der Waals surface area contributed by atoms with E-state index in [1.807, 2.05) is 19.1 Å². The molecule has 4 heteroatoms. The van der Waals surface area contributed by atoms with Gasteiger partial charge in [-0.1, -0.05) is 13.0 Å². The second kappa shape index (κ2) is 6.74. The Labute approximate surface area is 125 Å². The Bertz CT molecular complexity index is 551. The van der Waals surface area contributed by atoms with Gasteiger partial charge in [-0.25, -0.2) is 0 Å². The lowest BCUT2D eigenvalue weighted by molar-refractivity contribution is -0.143. The predicted molar refractivity (Wildman–Crippen MR) is 82.4 cm³/mol. The molecule has 1 aromatic carbocycles. The van der Waals surface area contributed by atoms with Crippen molar-refractivity contribution in [2.75, 3.05) is 11.9 Å². The summed E-state index contributed by atoms with van der Waals surface area (Å²) < 4.78 is 5.03. The van der Waals surface area contributed by atoms with Crippen molar-refractivity contribution < 1.29 is 14.3 Å². The normalized spacial score (nSPS) is 14.4. The smallest absolute Gasteiger partial charge is 0.306 e. The van der Waals surface area contributed by atoms with Crippen LogP contribution < -0.4 is 5.32 Å². The van der Waals surface area contributed by atoms with Gasteiger partial charge in [0.25, 0.3) is 0 Å². The third-order valence-electron chi connectivity index (χ3n) is 3.94. The fourth-order valence-electron chi connectivity index (χ4n) is 3.08. The molecular formula is C17H23NO3. The fourth-order valence-corrected chi connectivity index (χ4v) is 3.08. The van der Waals surface area contributed by atoms with Crippen molar-refractivity contribution >= 4 is 17.6 Å². The van der Waals surface area contributed by atoms with Gasteiger partial charge in [0, 0.05) is 12.6 Å². The highest BCUT2D eigenvalue weighted by atomic mass is 16.5. The number of rotatable bonds is 5. The lowest BCUT2D eigenvalue weighted by Gasteiger charge is -2.18. The Kier molecular flexibility index (Phi) is 4.99. The summed E-state index contributed by atoms with van der Waals surface area (Å²) in [4.78, 5) is 22.9. The van der Waals surface area contributed by atoms with Crippen molar-refractivity contribution in [2.24, 2.45) is 0 Å². The Morgan fingerprint density at radius 1 is 1.29 bits per heavy atom. The number of amides is 1. The molecule has 0 heterocycles. The molecule has 1 atom stereocenters. The van der Waals surface area contributed by atoms with Gasteiger partial charge >= 0.3 is 5.97 Å². The molecule has 0 saturated heterocycles. The SMILES string of the molecule is CCOC(=O)CC(C)c1ccc(NC(C)=O)c2c1CCC2. The molecule has 2 rings (SSSR count). The van der Waals surface area contributed by atoms with Gasteiger partial charge in [0.05, 0.1) is 13.0 Å². The molecule has 0 radical (unpaired) electrons. The van der Waals surface area contributed by atoms with Gasteiger partial charge in [-0.15, -0.1) is 0 Å². The Hall–Kier alpha value is -1.84. The number of fused-ring (bicyclic) bond motifs is 1. The summed E-state index contributed by atoms with van der Waals surface area (Å²) in [5, 5.41) is 2.90. The molecule has 1 unspecified atom stereocenters. The molecule has 1 aliphatic carbocycles. The third-order valence-corrected chi connectivity index (χ3v) is 3.94. The molecule has 21 heavy (non-hydrogen) atoms. The lowest BCUT2D eigenvalue weighted by atomic mass is 9.90. The highest BCUT2D eigenvalue weighted by Gasteiger charge is 2.23. The molecular weight excluding hydrogens is 266 g/mol. The molecule has 1 aromatic rings. The van der Waals surface area contributed by atoms with E-state index in [0.29, 0.717) is 13.0 Å². The van der Waals surface area contributed by atoms with Gasteiger partial charge in [0.1, 0.15) is 0 Å². The lowest BCUT2D eigenvalue weighted by Crippen LogP contribution is -2.12. The Morgan fingerprint density at radius 3 is 2.67 bits per heavy atom. The first-order valence-corrected chi connectivity index (χ1v) is 7.60. The number of carbonyl (C=O) groups is 2. The van der Waals surface area contributed by atoms with Gasteiger partial charge in [-0.3, -0.25) is 9.59 Å². The first-order chi connectivity index (χ1) is 10.0. The van der Waals surface area contributed by atoms with Crippen molar-refractivity contribution in [2.45, 2.75) is 52.4 Å². The first-order valence-electron chi connectivity index (χ1n) is 7.60. The Morgan fingerprint density at radius 2 is 2.00 bits per heavy atom. The van der Waals surface area contributed by atoms with Crippen LogP contribution in [-0.2, 0) is 27.2 Å². The van der Waals surface area contributed by atoms with Crippen molar-refractivity contribution in [1.82, 2.24) is 0 Å². The molecule has 1 amide bonds. The molecule has 0 saturated carbocycles. The Balaban J connectivity index is 2.23. The van der Waals surface area contributed by atoms with Gasteiger partial charge < -0.3 is 10.1 Å². The van der Waals surface area contributed by atoms with Gasteiger partial charge in [-0.05, 0) is 54.9 Å². The number of esters is 1. The van der Waals surface area contributed by atoms with Crippen molar-refractivity contribution in [3.05, 3.63) is 28.8 Å². The summed E-state index contributed by atoms with van der Waals surface area (Å²) in [5.74, 6) is -0.0543. The minimum absolute atomic E-state index is 0.0450.